The molecule has 2 aromatic rings. The predicted octanol–water partition coefficient (Wildman–Crippen LogP) is 2.72. The molecule has 1 saturated heterocycles. The molecule has 7 nitrogen and oxygen atoms in total. The summed E-state index contributed by atoms with van der Waals surface area (Å²) in [7, 11) is 3.03. The van der Waals surface area contributed by atoms with E-state index in [9.17, 15) is 9.59 Å². The second-order valence-electron chi connectivity index (χ2n) is 6.45. The normalized spacial score (nSPS) is 13.8. The van der Waals surface area contributed by atoms with E-state index in [0.29, 0.717) is 54.0 Å². The lowest BCUT2D eigenvalue weighted by Crippen LogP contribution is -2.51. The fraction of sp³-hybridized carbons (Fsp3) is 0.333. The first kappa shape index (κ1) is 20.8. The topological polar surface area (TPSA) is 68.3 Å². The largest absolute Gasteiger partial charge is 0.496 e. The molecule has 0 saturated carbocycles. The second-order valence-corrected chi connectivity index (χ2v) is 6.89. The minimum Gasteiger partial charge on any atom is -0.496 e. The molecule has 3 rings (SSSR count). The van der Waals surface area contributed by atoms with Crippen LogP contribution in [0, 0.1) is 0 Å². The number of carbonyl (C=O) groups excluding carboxylic acids is 2. The summed E-state index contributed by atoms with van der Waals surface area (Å²) in [5.74, 6) is 1.21. The quantitative estimate of drug-likeness (QED) is 0.721. The SMILES string of the molecule is COc1cccc(OC)c1C(=O)N1CCN(C(=O)COc2ccc(Cl)cc2)CC1. The van der Waals surface area contributed by atoms with Gasteiger partial charge in [-0.3, -0.25) is 9.59 Å². The van der Waals surface area contributed by atoms with Gasteiger partial charge < -0.3 is 24.0 Å². The highest BCUT2D eigenvalue weighted by Gasteiger charge is 2.28. The van der Waals surface area contributed by atoms with E-state index in [1.807, 2.05) is 0 Å². The molecule has 0 radical (unpaired) electrons. The highest BCUT2D eigenvalue weighted by Crippen LogP contribution is 2.29. The summed E-state index contributed by atoms with van der Waals surface area (Å²) in [6.07, 6.45) is 0. The third-order valence-corrected chi connectivity index (χ3v) is 4.99. The summed E-state index contributed by atoms with van der Waals surface area (Å²) < 4.78 is 16.2. The molecule has 0 atom stereocenters. The Labute approximate surface area is 174 Å². The maximum Gasteiger partial charge on any atom is 0.261 e. The van der Waals surface area contributed by atoms with Gasteiger partial charge in [-0.2, -0.15) is 0 Å². The zero-order chi connectivity index (χ0) is 20.8. The minimum absolute atomic E-state index is 0.0596. The van der Waals surface area contributed by atoms with Gasteiger partial charge in [-0.15, -0.1) is 0 Å². The molecule has 154 valence electrons. The average Bonchev–Trinajstić information content (AvgIpc) is 2.77. The molecule has 8 heteroatoms. The van der Waals surface area contributed by atoms with E-state index >= 15 is 0 Å². The molecule has 1 aliphatic rings. The number of hydrogen-bond acceptors (Lipinski definition) is 5. The zero-order valence-corrected chi connectivity index (χ0v) is 17.1. The van der Waals surface area contributed by atoms with E-state index in [2.05, 4.69) is 0 Å². The van der Waals surface area contributed by atoms with Gasteiger partial charge >= 0.3 is 0 Å². The van der Waals surface area contributed by atoms with Crippen LogP contribution in [-0.4, -0.2) is 68.6 Å². The van der Waals surface area contributed by atoms with E-state index in [4.69, 9.17) is 25.8 Å². The summed E-state index contributed by atoms with van der Waals surface area (Å²) >= 11 is 5.84. The number of piperazine rings is 1. The Kier molecular flexibility index (Phi) is 6.82. The minimum atomic E-state index is -0.177. The standard InChI is InChI=1S/C21H23ClN2O5/c1-27-17-4-3-5-18(28-2)20(17)21(26)24-12-10-23(11-13-24)19(25)14-29-16-8-6-15(22)7-9-16/h3-9H,10-14H2,1-2H3. The van der Waals surface area contributed by atoms with Crippen LogP contribution in [0.2, 0.25) is 5.02 Å². The molecule has 1 heterocycles. The van der Waals surface area contributed by atoms with Gasteiger partial charge in [0.1, 0.15) is 22.8 Å². The number of carbonyl (C=O) groups is 2. The van der Waals surface area contributed by atoms with Crippen LogP contribution in [0.3, 0.4) is 0 Å². The lowest BCUT2D eigenvalue weighted by atomic mass is 10.1. The fourth-order valence-corrected chi connectivity index (χ4v) is 3.27. The fourth-order valence-electron chi connectivity index (χ4n) is 3.15. The van der Waals surface area contributed by atoms with Crippen molar-refractivity contribution in [1.29, 1.82) is 0 Å². The van der Waals surface area contributed by atoms with E-state index in [1.54, 1.807) is 52.3 Å². The Morgan fingerprint density at radius 3 is 2.00 bits per heavy atom. The van der Waals surface area contributed by atoms with Gasteiger partial charge in [0.15, 0.2) is 6.61 Å². The molecule has 0 bridgehead atoms. The van der Waals surface area contributed by atoms with Crippen LogP contribution < -0.4 is 14.2 Å². The number of ether oxygens (including phenoxy) is 3. The zero-order valence-electron chi connectivity index (χ0n) is 16.4. The highest BCUT2D eigenvalue weighted by molar-refractivity contribution is 6.30. The second kappa shape index (κ2) is 9.52. The van der Waals surface area contributed by atoms with Crippen molar-refractivity contribution in [3.8, 4) is 17.2 Å². The van der Waals surface area contributed by atoms with Crippen LogP contribution in [0.4, 0.5) is 0 Å². The van der Waals surface area contributed by atoms with E-state index in [1.165, 1.54) is 14.2 Å². The lowest BCUT2D eigenvalue weighted by Gasteiger charge is -2.35. The summed E-state index contributed by atoms with van der Waals surface area (Å²) in [5.41, 5.74) is 0.392. The number of nitrogens with zero attached hydrogens (tertiary/aromatic N) is 2. The molecule has 0 spiro atoms. The number of benzene rings is 2. The molecule has 0 N–H and O–H groups in total. The summed E-state index contributed by atoms with van der Waals surface area (Å²) in [5, 5.41) is 0.608. The van der Waals surface area contributed by atoms with Gasteiger partial charge in [-0.25, -0.2) is 0 Å². The molecule has 1 aliphatic heterocycles. The Bertz CT molecular complexity index is 842. The van der Waals surface area contributed by atoms with Crippen LogP contribution in [0.15, 0.2) is 42.5 Å². The summed E-state index contributed by atoms with van der Waals surface area (Å²) in [6.45, 7) is 1.66. The first-order valence-corrected chi connectivity index (χ1v) is 9.57. The summed E-state index contributed by atoms with van der Waals surface area (Å²) in [4.78, 5) is 28.8. The van der Waals surface area contributed by atoms with Crippen molar-refractivity contribution in [3.63, 3.8) is 0 Å². The molecular weight excluding hydrogens is 396 g/mol. The van der Waals surface area contributed by atoms with Gasteiger partial charge in [0, 0.05) is 31.2 Å². The van der Waals surface area contributed by atoms with Crippen molar-refractivity contribution in [2.45, 2.75) is 0 Å². The van der Waals surface area contributed by atoms with Gasteiger partial charge in [0.2, 0.25) is 0 Å². The van der Waals surface area contributed by atoms with Gasteiger partial charge in [-0.1, -0.05) is 17.7 Å². The average molecular weight is 419 g/mol. The van der Waals surface area contributed by atoms with E-state index in [-0.39, 0.29) is 18.4 Å². The summed E-state index contributed by atoms with van der Waals surface area (Å²) in [6, 6.07) is 12.1. The van der Waals surface area contributed by atoms with Gasteiger partial charge in [-0.05, 0) is 36.4 Å². The van der Waals surface area contributed by atoms with Crippen molar-refractivity contribution in [2.24, 2.45) is 0 Å². The highest BCUT2D eigenvalue weighted by atomic mass is 35.5. The van der Waals surface area contributed by atoms with E-state index in [0.717, 1.165) is 0 Å². The Morgan fingerprint density at radius 2 is 1.45 bits per heavy atom. The molecule has 0 aliphatic carbocycles. The van der Waals surface area contributed by atoms with Crippen molar-refractivity contribution in [3.05, 3.63) is 53.1 Å². The van der Waals surface area contributed by atoms with Crippen molar-refractivity contribution in [1.82, 2.24) is 9.80 Å². The molecule has 2 amide bonds. The number of hydrogen-bond donors (Lipinski definition) is 0. The van der Waals surface area contributed by atoms with Crippen LogP contribution in [-0.2, 0) is 4.79 Å². The number of halogens is 1. The number of methoxy groups -OCH3 is 2. The van der Waals surface area contributed by atoms with Crippen molar-refractivity contribution < 1.29 is 23.8 Å². The maximum atomic E-state index is 13.0. The molecule has 0 aromatic heterocycles. The van der Waals surface area contributed by atoms with Gasteiger partial charge in [0.25, 0.3) is 11.8 Å². The van der Waals surface area contributed by atoms with Crippen LogP contribution in [0.5, 0.6) is 17.2 Å². The van der Waals surface area contributed by atoms with Crippen molar-refractivity contribution >= 4 is 23.4 Å². The monoisotopic (exact) mass is 418 g/mol. The smallest absolute Gasteiger partial charge is 0.261 e. The van der Waals surface area contributed by atoms with Crippen LogP contribution >= 0.6 is 11.6 Å². The number of rotatable bonds is 6. The molecule has 0 unspecified atom stereocenters. The Balaban J connectivity index is 1.57. The molecule has 2 aromatic carbocycles. The molecule has 29 heavy (non-hydrogen) atoms. The molecular formula is C21H23ClN2O5. The first-order chi connectivity index (χ1) is 14.0. The Hall–Kier alpha value is -2.93. The van der Waals surface area contributed by atoms with E-state index < -0.39 is 0 Å². The number of amides is 2. The first-order valence-electron chi connectivity index (χ1n) is 9.20. The third-order valence-electron chi connectivity index (χ3n) is 4.74. The van der Waals surface area contributed by atoms with Crippen molar-refractivity contribution in [2.75, 3.05) is 47.0 Å². The third kappa shape index (κ3) is 4.92. The van der Waals surface area contributed by atoms with Crippen LogP contribution in [0.25, 0.3) is 0 Å². The maximum absolute atomic E-state index is 13.0. The molecule has 1 fully saturated rings. The predicted molar refractivity (Wildman–Crippen MR) is 109 cm³/mol. The van der Waals surface area contributed by atoms with Crippen LogP contribution in [0.1, 0.15) is 10.4 Å². The Morgan fingerprint density at radius 1 is 0.897 bits per heavy atom. The lowest BCUT2D eigenvalue weighted by molar-refractivity contribution is -0.134. The van der Waals surface area contributed by atoms with Gasteiger partial charge in [0.05, 0.1) is 14.2 Å².